The van der Waals surface area contributed by atoms with Gasteiger partial charge in [0.25, 0.3) is 5.69 Å². The lowest BCUT2D eigenvalue weighted by Crippen LogP contribution is -2.12. The summed E-state index contributed by atoms with van der Waals surface area (Å²) in [6.45, 7) is 1.44. The summed E-state index contributed by atoms with van der Waals surface area (Å²) in [4.78, 5) is 33.4. The number of allylic oxidation sites excluding steroid dienone is 1. The molecule has 0 unspecified atom stereocenters. The van der Waals surface area contributed by atoms with Crippen LogP contribution >= 0.6 is 0 Å². The van der Waals surface area contributed by atoms with Gasteiger partial charge >= 0.3 is 5.63 Å². The van der Waals surface area contributed by atoms with Crippen LogP contribution in [-0.4, -0.2) is 15.8 Å². The van der Waals surface area contributed by atoms with Crippen molar-refractivity contribution in [2.45, 2.75) is 6.92 Å². The van der Waals surface area contributed by atoms with Gasteiger partial charge in [-0.15, -0.1) is 0 Å². The molecule has 118 valence electrons. The van der Waals surface area contributed by atoms with Crippen molar-refractivity contribution in [1.82, 2.24) is 0 Å². The zero-order valence-electron chi connectivity index (χ0n) is 11.8. The van der Waals surface area contributed by atoms with E-state index in [1.807, 2.05) is 0 Å². The molecule has 8 nitrogen and oxygen atoms in total. The van der Waals surface area contributed by atoms with Crippen molar-refractivity contribution in [3.63, 3.8) is 0 Å². The molecule has 0 saturated carbocycles. The second kappa shape index (κ2) is 6.14. The first-order valence-corrected chi connectivity index (χ1v) is 6.31. The molecule has 0 aliphatic heterocycles. The van der Waals surface area contributed by atoms with Crippen LogP contribution in [0.2, 0.25) is 0 Å². The van der Waals surface area contributed by atoms with Crippen molar-refractivity contribution in [3.05, 3.63) is 67.8 Å². The maximum Gasteiger partial charge on any atom is 0.351 e. The van der Waals surface area contributed by atoms with Gasteiger partial charge in [-0.3, -0.25) is 14.9 Å². The Bertz CT molecular complexity index is 880. The number of rotatable bonds is 4. The van der Waals surface area contributed by atoms with Gasteiger partial charge in [0.15, 0.2) is 5.78 Å². The van der Waals surface area contributed by atoms with Crippen LogP contribution in [0.4, 0.5) is 5.69 Å². The summed E-state index contributed by atoms with van der Waals surface area (Å²) in [5.41, 5.74) is -1.93. The number of aryl methyl sites for hydroxylation is 1. The first kappa shape index (κ1) is 16.0. The molecule has 0 radical (unpaired) electrons. The SMILES string of the molecule is Cc1cc(O)c(C(=O)/C=C/c2ccc([O-])c([N+](=O)[O-])c2)c(=O)o1. The Labute approximate surface area is 129 Å². The number of carbonyl (C=O) groups is 1. The molecule has 0 fully saturated rings. The minimum atomic E-state index is -0.988. The number of aromatic hydroxyl groups is 1. The Balaban J connectivity index is 2.34. The Morgan fingerprint density at radius 2 is 2.04 bits per heavy atom. The number of carbonyl (C=O) groups excluding carboxylic acids is 1. The summed E-state index contributed by atoms with van der Waals surface area (Å²) in [6, 6.07) is 4.42. The minimum Gasteiger partial charge on any atom is -0.868 e. The molecule has 0 aliphatic carbocycles. The van der Waals surface area contributed by atoms with E-state index < -0.39 is 39.1 Å². The summed E-state index contributed by atoms with van der Waals surface area (Å²) < 4.78 is 4.73. The van der Waals surface area contributed by atoms with Crippen LogP contribution in [0.25, 0.3) is 6.08 Å². The maximum absolute atomic E-state index is 12.0. The fraction of sp³-hybridized carbons (Fsp3) is 0.0667. The van der Waals surface area contributed by atoms with Crippen LogP contribution in [0, 0.1) is 17.0 Å². The van der Waals surface area contributed by atoms with Gasteiger partial charge in [0.2, 0.25) is 0 Å². The zero-order valence-corrected chi connectivity index (χ0v) is 11.8. The molecule has 0 spiro atoms. The summed E-state index contributed by atoms with van der Waals surface area (Å²) in [5, 5.41) is 31.6. The molecule has 1 N–H and O–H groups in total. The van der Waals surface area contributed by atoms with Crippen LogP contribution < -0.4 is 10.7 Å². The minimum absolute atomic E-state index is 0.148. The molecular formula is C15H10NO7-. The smallest absolute Gasteiger partial charge is 0.351 e. The maximum atomic E-state index is 12.0. The van der Waals surface area contributed by atoms with E-state index >= 15 is 0 Å². The van der Waals surface area contributed by atoms with E-state index in [4.69, 9.17) is 4.42 Å². The second-order valence-corrected chi connectivity index (χ2v) is 4.59. The van der Waals surface area contributed by atoms with E-state index in [2.05, 4.69) is 0 Å². The average Bonchev–Trinajstić information content (AvgIpc) is 2.45. The molecule has 1 aromatic heterocycles. The van der Waals surface area contributed by atoms with Crippen LogP contribution in [0.3, 0.4) is 0 Å². The predicted molar refractivity (Wildman–Crippen MR) is 77.3 cm³/mol. The van der Waals surface area contributed by atoms with Crippen molar-refractivity contribution >= 4 is 17.5 Å². The highest BCUT2D eigenvalue weighted by Gasteiger charge is 2.16. The van der Waals surface area contributed by atoms with E-state index in [0.29, 0.717) is 0 Å². The van der Waals surface area contributed by atoms with Crippen molar-refractivity contribution in [3.8, 4) is 11.5 Å². The van der Waals surface area contributed by atoms with Crippen molar-refractivity contribution in [2.75, 3.05) is 0 Å². The molecule has 0 bridgehead atoms. The molecule has 1 heterocycles. The number of hydrogen-bond donors (Lipinski definition) is 1. The molecule has 2 rings (SSSR count). The quantitative estimate of drug-likeness (QED) is 0.391. The summed E-state index contributed by atoms with van der Waals surface area (Å²) in [6.07, 6.45) is 2.14. The molecule has 2 aromatic rings. The highest BCUT2D eigenvalue weighted by atomic mass is 16.6. The zero-order chi connectivity index (χ0) is 17.1. The first-order chi connectivity index (χ1) is 10.8. The highest BCUT2D eigenvalue weighted by molar-refractivity contribution is 6.08. The van der Waals surface area contributed by atoms with Gasteiger partial charge in [-0.2, -0.15) is 0 Å². The van der Waals surface area contributed by atoms with Gasteiger partial charge in [-0.05, 0) is 24.3 Å². The third kappa shape index (κ3) is 3.43. The van der Waals surface area contributed by atoms with E-state index in [1.165, 1.54) is 19.1 Å². The summed E-state index contributed by atoms with van der Waals surface area (Å²) >= 11 is 0. The summed E-state index contributed by atoms with van der Waals surface area (Å²) in [7, 11) is 0. The topological polar surface area (TPSA) is 134 Å². The van der Waals surface area contributed by atoms with E-state index in [0.717, 1.165) is 24.3 Å². The molecular weight excluding hydrogens is 306 g/mol. The van der Waals surface area contributed by atoms with Gasteiger partial charge in [-0.25, -0.2) is 4.79 Å². The Kier molecular flexibility index (Phi) is 4.26. The second-order valence-electron chi connectivity index (χ2n) is 4.59. The molecule has 23 heavy (non-hydrogen) atoms. The van der Waals surface area contributed by atoms with Crippen molar-refractivity contribution < 1.29 is 24.3 Å². The lowest BCUT2D eigenvalue weighted by atomic mass is 10.1. The molecule has 8 heteroatoms. The number of nitro benzene ring substituents is 1. The third-order valence-corrected chi connectivity index (χ3v) is 2.91. The van der Waals surface area contributed by atoms with Gasteiger partial charge in [0.05, 0.1) is 4.92 Å². The summed E-state index contributed by atoms with van der Waals surface area (Å²) in [5.74, 6) is -1.95. The van der Waals surface area contributed by atoms with Gasteiger partial charge in [0, 0.05) is 12.1 Å². The Hall–Kier alpha value is -3.42. The average molecular weight is 316 g/mol. The molecule has 0 atom stereocenters. The number of benzene rings is 1. The number of hydrogen-bond acceptors (Lipinski definition) is 7. The van der Waals surface area contributed by atoms with Crippen LogP contribution in [0.5, 0.6) is 11.5 Å². The standard InChI is InChI=1S/C15H11NO7/c1-8-6-13(19)14(15(20)23-8)12(18)5-3-9-2-4-11(17)10(7-9)16(21)22/h2-7,17,19H,1H3/p-1/b5-3+. The Morgan fingerprint density at radius 3 is 2.65 bits per heavy atom. The van der Waals surface area contributed by atoms with Crippen molar-refractivity contribution in [2.24, 2.45) is 0 Å². The lowest BCUT2D eigenvalue weighted by molar-refractivity contribution is -0.398. The molecule has 0 amide bonds. The normalized spacial score (nSPS) is 10.8. The monoisotopic (exact) mass is 316 g/mol. The lowest BCUT2D eigenvalue weighted by Gasteiger charge is -2.06. The number of nitrogens with zero attached hydrogens (tertiary/aromatic N) is 1. The largest absolute Gasteiger partial charge is 0.868 e. The van der Waals surface area contributed by atoms with Gasteiger partial charge < -0.3 is 14.6 Å². The number of nitro groups is 1. The van der Waals surface area contributed by atoms with E-state index in [1.54, 1.807) is 0 Å². The van der Waals surface area contributed by atoms with E-state index in [9.17, 15) is 29.9 Å². The van der Waals surface area contributed by atoms with Crippen LogP contribution in [0.15, 0.2) is 39.6 Å². The predicted octanol–water partition coefficient (Wildman–Crippen LogP) is 1.53. The van der Waals surface area contributed by atoms with E-state index in [-0.39, 0.29) is 11.3 Å². The van der Waals surface area contributed by atoms with Crippen LogP contribution in [0.1, 0.15) is 21.7 Å². The van der Waals surface area contributed by atoms with Gasteiger partial charge in [-0.1, -0.05) is 18.2 Å². The number of ketones is 1. The van der Waals surface area contributed by atoms with Gasteiger partial charge in [0.1, 0.15) is 17.1 Å². The molecule has 0 saturated heterocycles. The fourth-order valence-corrected chi connectivity index (χ4v) is 1.86. The molecule has 1 aromatic carbocycles. The third-order valence-electron chi connectivity index (χ3n) is 2.91. The van der Waals surface area contributed by atoms with Crippen molar-refractivity contribution in [1.29, 1.82) is 0 Å². The van der Waals surface area contributed by atoms with Crippen LogP contribution in [-0.2, 0) is 0 Å². The molecule has 0 aliphatic rings. The fourth-order valence-electron chi connectivity index (χ4n) is 1.86. The first-order valence-electron chi connectivity index (χ1n) is 6.31. The Morgan fingerprint density at radius 1 is 1.35 bits per heavy atom. The highest BCUT2D eigenvalue weighted by Crippen LogP contribution is 2.24.